The highest BCUT2D eigenvalue weighted by molar-refractivity contribution is 5.39. The minimum atomic E-state index is 0.230. The maximum atomic E-state index is 6.08. The van der Waals surface area contributed by atoms with Gasteiger partial charge in [-0.05, 0) is 75.1 Å². The van der Waals surface area contributed by atoms with Crippen molar-refractivity contribution in [3.05, 3.63) is 58.4 Å². The quantitative estimate of drug-likeness (QED) is 0.394. The predicted molar refractivity (Wildman–Crippen MR) is 99.7 cm³/mol. The fourth-order valence-corrected chi connectivity index (χ4v) is 3.55. The number of unbranched alkanes of at least 4 members (excludes halogenated alkanes) is 3. The Labute approximate surface area is 142 Å². The van der Waals surface area contributed by atoms with Crippen molar-refractivity contribution < 1.29 is 4.74 Å². The Hall–Kier alpha value is -1.50. The van der Waals surface area contributed by atoms with Crippen LogP contribution in [0.15, 0.2) is 36.1 Å². The van der Waals surface area contributed by atoms with Gasteiger partial charge in [-0.2, -0.15) is 0 Å². The lowest BCUT2D eigenvalue weighted by atomic mass is 9.91. The smallest absolute Gasteiger partial charge is 0.124 e. The first-order valence-electron chi connectivity index (χ1n) is 9.18. The van der Waals surface area contributed by atoms with Gasteiger partial charge in [0.2, 0.25) is 0 Å². The summed E-state index contributed by atoms with van der Waals surface area (Å²) in [6.45, 7) is 8.83. The Morgan fingerprint density at radius 2 is 1.83 bits per heavy atom. The highest BCUT2D eigenvalue weighted by atomic mass is 16.5. The summed E-state index contributed by atoms with van der Waals surface area (Å²) in [5, 5.41) is 0. The number of benzene rings is 1. The largest absolute Gasteiger partial charge is 0.493 e. The summed E-state index contributed by atoms with van der Waals surface area (Å²) < 4.78 is 6.08. The molecule has 126 valence electrons. The molecule has 1 aromatic carbocycles. The molecule has 1 heteroatoms. The molecule has 0 radical (unpaired) electrons. The molecule has 0 saturated carbocycles. The van der Waals surface area contributed by atoms with Gasteiger partial charge < -0.3 is 4.74 Å². The van der Waals surface area contributed by atoms with Crippen molar-refractivity contribution >= 4 is 0 Å². The van der Waals surface area contributed by atoms with Gasteiger partial charge in [0.25, 0.3) is 0 Å². The van der Waals surface area contributed by atoms with E-state index in [-0.39, 0.29) is 6.10 Å². The number of rotatable bonds is 7. The zero-order chi connectivity index (χ0) is 16.7. The minimum Gasteiger partial charge on any atom is -0.493 e. The molecule has 0 saturated heterocycles. The van der Waals surface area contributed by atoms with Gasteiger partial charge in [0, 0.05) is 0 Å². The summed E-state index contributed by atoms with van der Waals surface area (Å²) in [5.41, 5.74) is 6.88. The fraction of sp³-hybridized carbons (Fsp3) is 0.545. The van der Waals surface area contributed by atoms with E-state index in [1.54, 1.807) is 0 Å². The Morgan fingerprint density at radius 3 is 2.43 bits per heavy atom. The van der Waals surface area contributed by atoms with Crippen LogP contribution in [0.3, 0.4) is 0 Å². The summed E-state index contributed by atoms with van der Waals surface area (Å²) in [6.07, 6.45) is 15.4. The second-order valence-corrected chi connectivity index (χ2v) is 6.92. The maximum absolute atomic E-state index is 6.08. The number of hydrogen-bond donors (Lipinski definition) is 0. The first-order chi connectivity index (χ1) is 11.1. The van der Waals surface area contributed by atoms with E-state index >= 15 is 0 Å². The molecule has 0 fully saturated rings. The molecular weight excluding hydrogens is 280 g/mol. The van der Waals surface area contributed by atoms with Crippen LogP contribution in [0.25, 0.3) is 0 Å². The molecule has 0 bridgehead atoms. The van der Waals surface area contributed by atoms with Crippen LogP contribution in [0.1, 0.15) is 80.2 Å². The normalized spacial score (nSPS) is 18.1. The standard InChI is InChI=1S/C22H32O/c1-5-6-7-8-9-10-11-20-12-13-21(23-16-20)22-18(3)14-17(2)15-19(22)4/h9-10,14-16,21H,5-8,11-13H2,1-4H3/b10-9+. The van der Waals surface area contributed by atoms with Crippen molar-refractivity contribution in [2.45, 2.75) is 78.7 Å². The minimum absolute atomic E-state index is 0.230. The van der Waals surface area contributed by atoms with Gasteiger partial charge in [-0.15, -0.1) is 0 Å². The number of ether oxygens (including phenoxy) is 1. The third kappa shape index (κ3) is 5.27. The molecule has 1 aromatic rings. The molecule has 1 atom stereocenters. The first-order valence-corrected chi connectivity index (χ1v) is 9.18. The van der Waals surface area contributed by atoms with Gasteiger partial charge in [-0.3, -0.25) is 0 Å². The average Bonchev–Trinajstić information content (AvgIpc) is 2.51. The Morgan fingerprint density at radius 1 is 1.09 bits per heavy atom. The molecule has 2 rings (SSSR count). The molecule has 1 aliphatic heterocycles. The lowest BCUT2D eigenvalue weighted by Gasteiger charge is -2.26. The SMILES string of the molecule is CCCCC/C=C/CC1=COC(c2c(C)cc(C)cc2C)CC1. The molecule has 0 aromatic heterocycles. The van der Waals surface area contributed by atoms with Crippen molar-refractivity contribution in [3.63, 3.8) is 0 Å². The zero-order valence-corrected chi connectivity index (χ0v) is 15.3. The molecule has 0 aliphatic carbocycles. The predicted octanol–water partition coefficient (Wildman–Crippen LogP) is 6.87. The summed E-state index contributed by atoms with van der Waals surface area (Å²) in [4.78, 5) is 0. The Balaban J connectivity index is 1.89. The van der Waals surface area contributed by atoms with Crippen LogP contribution in [0.4, 0.5) is 0 Å². The van der Waals surface area contributed by atoms with Gasteiger partial charge in [0.05, 0.1) is 6.26 Å². The summed E-state index contributed by atoms with van der Waals surface area (Å²) in [5.74, 6) is 0. The lowest BCUT2D eigenvalue weighted by Crippen LogP contribution is -2.10. The van der Waals surface area contributed by atoms with Crippen LogP contribution >= 0.6 is 0 Å². The van der Waals surface area contributed by atoms with Crippen LogP contribution in [-0.2, 0) is 4.74 Å². The molecule has 23 heavy (non-hydrogen) atoms. The number of hydrogen-bond acceptors (Lipinski definition) is 1. The van der Waals surface area contributed by atoms with Crippen LogP contribution in [-0.4, -0.2) is 0 Å². The van der Waals surface area contributed by atoms with E-state index in [9.17, 15) is 0 Å². The van der Waals surface area contributed by atoms with Crippen molar-refractivity contribution in [1.29, 1.82) is 0 Å². The van der Waals surface area contributed by atoms with Crippen LogP contribution < -0.4 is 0 Å². The number of allylic oxidation sites excluding steroid dienone is 3. The van der Waals surface area contributed by atoms with Crippen molar-refractivity contribution in [3.8, 4) is 0 Å². The first kappa shape index (κ1) is 17.8. The topological polar surface area (TPSA) is 9.23 Å². The van der Waals surface area contributed by atoms with Crippen molar-refractivity contribution in [2.75, 3.05) is 0 Å². The monoisotopic (exact) mass is 312 g/mol. The average molecular weight is 312 g/mol. The van der Waals surface area contributed by atoms with E-state index in [0.29, 0.717) is 0 Å². The number of aryl methyl sites for hydroxylation is 3. The van der Waals surface area contributed by atoms with Gasteiger partial charge in [-0.25, -0.2) is 0 Å². The van der Waals surface area contributed by atoms with Crippen LogP contribution in [0.5, 0.6) is 0 Å². The lowest BCUT2D eigenvalue weighted by molar-refractivity contribution is 0.119. The molecule has 1 aliphatic rings. The highest BCUT2D eigenvalue weighted by Crippen LogP contribution is 2.35. The van der Waals surface area contributed by atoms with E-state index in [0.717, 1.165) is 19.3 Å². The maximum Gasteiger partial charge on any atom is 0.124 e. The van der Waals surface area contributed by atoms with Gasteiger partial charge >= 0.3 is 0 Å². The third-order valence-electron chi connectivity index (χ3n) is 4.71. The molecule has 0 spiro atoms. The van der Waals surface area contributed by atoms with E-state index in [1.165, 1.54) is 53.5 Å². The summed E-state index contributed by atoms with van der Waals surface area (Å²) >= 11 is 0. The zero-order valence-electron chi connectivity index (χ0n) is 15.3. The summed E-state index contributed by atoms with van der Waals surface area (Å²) in [7, 11) is 0. The van der Waals surface area contributed by atoms with E-state index in [2.05, 4.69) is 52.0 Å². The van der Waals surface area contributed by atoms with Crippen LogP contribution in [0, 0.1) is 20.8 Å². The van der Waals surface area contributed by atoms with E-state index in [1.807, 2.05) is 6.26 Å². The van der Waals surface area contributed by atoms with Gasteiger partial charge in [0.15, 0.2) is 0 Å². The Kier molecular flexibility index (Phi) is 6.95. The van der Waals surface area contributed by atoms with E-state index in [4.69, 9.17) is 4.74 Å². The second-order valence-electron chi connectivity index (χ2n) is 6.92. The molecular formula is C22H32O. The summed E-state index contributed by atoms with van der Waals surface area (Å²) in [6, 6.07) is 4.54. The van der Waals surface area contributed by atoms with Gasteiger partial charge in [-0.1, -0.05) is 49.6 Å². The van der Waals surface area contributed by atoms with E-state index < -0.39 is 0 Å². The highest BCUT2D eigenvalue weighted by Gasteiger charge is 2.20. The molecule has 0 N–H and O–H groups in total. The Bertz CT molecular complexity index is 542. The molecule has 1 nitrogen and oxygen atoms in total. The molecule has 0 amide bonds. The molecule has 1 heterocycles. The van der Waals surface area contributed by atoms with Crippen molar-refractivity contribution in [2.24, 2.45) is 0 Å². The van der Waals surface area contributed by atoms with Gasteiger partial charge in [0.1, 0.15) is 6.10 Å². The van der Waals surface area contributed by atoms with Crippen molar-refractivity contribution in [1.82, 2.24) is 0 Å². The fourth-order valence-electron chi connectivity index (χ4n) is 3.55. The van der Waals surface area contributed by atoms with Crippen LogP contribution in [0.2, 0.25) is 0 Å². The second kappa shape index (κ2) is 8.96. The third-order valence-corrected chi connectivity index (χ3v) is 4.71. The molecule has 1 unspecified atom stereocenters.